The van der Waals surface area contributed by atoms with Gasteiger partial charge in [0.2, 0.25) is 0 Å². The standard InChI is InChI=1S/C12H18O3/c1-3-14-8-5-9-15-12-7-4-6-11(13)10(12)2/h4,6-7,13H,3,5,8-9H2,1-2H3. The molecule has 0 atom stereocenters. The minimum absolute atomic E-state index is 0.275. The van der Waals surface area contributed by atoms with Gasteiger partial charge in [0.1, 0.15) is 11.5 Å². The Labute approximate surface area is 90.6 Å². The van der Waals surface area contributed by atoms with E-state index in [0.29, 0.717) is 13.2 Å². The maximum absolute atomic E-state index is 9.44. The van der Waals surface area contributed by atoms with Crippen molar-refractivity contribution in [3.8, 4) is 11.5 Å². The van der Waals surface area contributed by atoms with E-state index in [1.807, 2.05) is 19.9 Å². The first-order chi connectivity index (χ1) is 7.25. The highest BCUT2D eigenvalue weighted by Gasteiger charge is 2.02. The number of benzene rings is 1. The second-order valence-corrected chi connectivity index (χ2v) is 3.30. The number of hydrogen-bond acceptors (Lipinski definition) is 3. The number of phenols is 1. The van der Waals surface area contributed by atoms with Crippen LogP contribution in [0.2, 0.25) is 0 Å². The van der Waals surface area contributed by atoms with E-state index in [0.717, 1.165) is 24.3 Å². The molecule has 0 spiro atoms. The predicted octanol–water partition coefficient (Wildman–Crippen LogP) is 2.51. The lowest BCUT2D eigenvalue weighted by molar-refractivity contribution is 0.130. The van der Waals surface area contributed by atoms with Crippen molar-refractivity contribution in [2.45, 2.75) is 20.3 Å². The van der Waals surface area contributed by atoms with Crippen molar-refractivity contribution in [1.29, 1.82) is 0 Å². The molecule has 1 aromatic carbocycles. The Morgan fingerprint density at radius 1 is 1.27 bits per heavy atom. The third kappa shape index (κ3) is 3.80. The lowest BCUT2D eigenvalue weighted by Gasteiger charge is -2.09. The normalized spacial score (nSPS) is 10.3. The van der Waals surface area contributed by atoms with Crippen molar-refractivity contribution >= 4 is 0 Å². The molecule has 1 aromatic rings. The van der Waals surface area contributed by atoms with Crippen LogP contribution in [0.5, 0.6) is 11.5 Å². The molecular formula is C12H18O3. The van der Waals surface area contributed by atoms with Crippen molar-refractivity contribution in [1.82, 2.24) is 0 Å². The first-order valence-electron chi connectivity index (χ1n) is 5.24. The van der Waals surface area contributed by atoms with Gasteiger partial charge in [0.15, 0.2) is 0 Å². The third-order valence-electron chi connectivity index (χ3n) is 2.15. The molecule has 0 aromatic heterocycles. The summed E-state index contributed by atoms with van der Waals surface area (Å²) >= 11 is 0. The number of ether oxygens (including phenoxy) is 2. The Kier molecular flexibility index (Phi) is 4.98. The van der Waals surface area contributed by atoms with Crippen molar-refractivity contribution in [3.63, 3.8) is 0 Å². The Morgan fingerprint density at radius 3 is 2.80 bits per heavy atom. The fourth-order valence-electron chi connectivity index (χ4n) is 1.25. The molecule has 15 heavy (non-hydrogen) atoms. The summed E-state index contributed by atoms with van der Waals surface area (Å²) in [5.41, 5.74) is 0.786. The maximum Gasteiger partial charge on any atom is 0.125 e. The van der Waals surface area contributed by atoms with Crippen molar-refractivity contribution < 1.29 is 14.6 Å². The first-order valence-corrected chi connectivity index (χ1v) is 5.24. The second kappa shape index (κ2) is 6.30. The van der Waals surface area contributed by atoms with Crippen LogP contribution in [0.25, 0.3) is 0 Å². The van der Waals surface area contributed by atoms with Crippen LogP contribution < -0.4 is 4.74 Å². The molecule has 0 radical (unpaired) electrons. The minimum Gasteiger partial charge on any atom is -0.508 e. The molecule has 3 nitrogen and oxygen atoms in total. The predicted molar refractivity (Wildman–Crippen MR) is 59.4 cm³/mol. The summed E-state index contributed by atoms with van der Waals surface area (Å²) in [6, 6.07) is 5.29. The fourth-order valence-corrected chi connectivity index (χ4v) is 1.25. The molecule has 0 aliphatic rings. The van der Waals surface area contributed by atoms with Crippen LogP contribution in [0.1, 0.15) is 18.9 Å². The van der Waals surface area contributed by atoms with E-state index in [1.54, 1.807) is 12.1 Å². The van der Waals surface area contributed by atoms with E-state index in [9.17, 15) is 5.11 Å². The fraction of sp³-hybridized carbons (Fsp3) is 0.500. The smallest absolute Gasteiger partial charge is 0.125 e. The van der Waals surface area contributed by atoms with E-state index in [-0.39, 0.29) is 5.75 Å². The second-order valence-electron chi connectivity index (χ2n) is 3.30. The molecule has 1 N–H and O–H groups in total. The number of phenolic OH excluding ortho intramolecular Hbond substituents is 1. The Bertz CT molecular complexity index is 297. The van der Waals surface area contributed by atoms with Crippen LogP contribution in [0.15, 0.2) is 18.2 Å². The molecule has 0 unspecified atom stereocenters. The van der Waals surface area contributed by atoms with Gasteiger partial charge in [0.05, 0.1) is 6.61 Å². The van der Waals surface area contributed by atoms with Crippen molar-refractivity contribution in [3.05, 3.63) is 23.8 Å². The maximum atomic E-state index is 9.44. The first kappa shape index (κ1) is 11.9. The van der Waals surface area contributed by atoms with E-state index in [2.05, 4.69) is 0 Å². The molecule has 84 valence electrons. The summed E-state index contributed by atoms with van der Waals surface area (Å²) < 4.78 is 10.7. The average Bonchev–Trinajstić information content (AvgIpc) is 2.24. The quantitative estimate of drug-likeness (QED) is 0.733. The lowest BCUT2D eigenvalue weighted by atomic mass is 10.2. The van der Waals surface area contributed by atoms with Crippen LogP contribution >= 0.6 is 0 Å². The van der Waals surface area contributed by atoms with Gasteiger partial charge in [-0.25, -0.2) is 0 Å². The Hall–Kier alpha value is -1.22. The van der Waals surface area contributed by atoms with Crippen LogP contribution in [0.4, 0.5) is 0 Å². The molecule has 1 rings (SSSR count). The zero-order chi connectivity index (χ0) is 11.1. The van der Waals surface area contributed by atoms with Gasteiger partial charge in [-0.05, 0) is 26.0 Å². The molecule has 0 fully saturated rings. The van der Waals surface area contributed by atoms with Gasteiger partial charge >= 0.3 is 0 Å². The molecule has 0 heterocycles. The highest BCUT2D eigenvalue weighted by Crippen LogP contribution is 2.25. The summed E-state index contributed by atoms with van der Waals surface area (Å²) in [6.45, 7) is 5.89. The van der Waals surface area contributed by atoms with Crippen LogP contribution in [-0.4, -0.2) is 24.9 Å². The largest absolute Gasteiger partial charge is 0.508 e. The van der Waals surface area contributed by atoms with Crippen molar-refractivity contribution in [2.75, 3.05) is 19.8 Å². The molecule has 0 amide bonds. The monoisotopic (exact) mass is 210 g/mol. The summed E-state index contributed by atoms with van der Waals surface area (Å²) in [6.07, 6.45) is 0.864. The van der Waals surface area contributed by atoms with Crippen LogP contribution in [0.3, 0.4) is 0 Å². The Morgan fingerprint density at radius 2 is 2.07 bits per heavy atom. The molecule has 0 bridgehead atoms. The van der Waals surface area contributed by atoms with Crippen LogP contribution in [-0.2, 0) is 4.74 Å². The van der Waals surface area contributed by atoms with Gasteiger partial charge in [-0.1, -0.05) is 6.07 Å². The van der Waals surface area contributed by atoms with Gasteiger partial charge in [-0.3, -0.25) is 0 Å². The summed E-state index contributed by atoms with van der Waals surface area (Å²) in [5.74, 6) is 1.02. The summed E-state index contributed by atoms with van der Waals surface area (Å²) in [4.78, 5) is 0. The van der Waals surface area contributed by atoms with Gasteiger partial charge in [0, 0.05) is 25.2 Å². The van der Waals surface area contributed by atoms with Gasteiger partial charge in [-0.15, -0.1) is 0 Å². The summed E-state index contributed by atoms with van der Waals surface area (Å²) in [5, 5.41) is 9.44. The molecule has 0 saturated carbocycles. The molecule has 3 heteroatoms. The number of rotatable bonds is 6. The number of aromatic hydroxyl groups is 1. The minimum atomic E-state index is 0.275. The molecule has 0 saturated heterocycles. The SMILES string of the molecule is CCOCCCOc1cccc(O)c1C. The molecule has 0 aliphatic heterocycles. The van der Waals surface area contributed by atoms with E-state index in [4.69, 9.17) is 9.47 Å². The van der Waals surface area contributed by atoms with Gasteiger partial charge in [0.25, 0.3) is 0 Å². The van der Waals surface area contributed by atoms with E-state index in [1.165, 1.54) is 0 Å². The number of hydrogen-bond donors (Lipinski definition) is 1. The Balaban J connectivity index is 2.34. The van der Waals surface area contributed by atoms with Gasteiger partial charge in [-0.2, -0.15) is 0 Å². The molecular weight excluding hydrogens is 192 g/mol. The van der Waals surface area contributed by atoms with Gasteiger partial charge < -0.3 is 14.6 Å². The highest BCUT2D eigenvalue weighted by molar-refractivity contribution is 5.42. The van der Waals surface area contributed by atoms with E-state index < -0.39 is 0 Å². The highest BCUT2D eigenvalue weighted by atomic mass is 16.5. The average molecular weight is 210 g/mol. The van der Waals surface area contributed by atoms with Crippen LogP contribution in [0, 0.1) is 6.92 Å². The molecule has 0 aliphatic carbocycles. The summed E-state index contributed by atoms with van der Waals surface area (Å²) in [7, 11) is 0. The third-order valence-corrected chi connectivity index (χ3v) is 2.15. The topological polar surface area (TPSA) is 38.7 Å². The van der Waals surface area contributed by atoms with Crippen molar-refractivity contribution in [2.24, 2.45) is 0 Å². The zero-order valence-corrected chi connectivity index (χ0v) is 9.32. The lowest BCUT2D eigenvalue weighted by Crippen LogP contribution is -2.03. The van der Waals surface area contributed by atoms with E-state index >= 15 is 0 Å². The zero-order valence-electron chi connectivity index (χ0n) is 9.32.